The maximum Gasteiger partial charge on any atom is 0.416 e. The molecule has 1 saturated heterocycles. The predicted octanol–water partition coefficient (Wildman–Crippen LogP) is 3.99. The van der Waals surface area contributed by atoms with Gasteiger partial charge >= 0.3 is 6.18 Å². The number of nitrogens with zero attached hydrogens (tertiary/aromatic N) is 1. The third-order valence-electron chi connectivity index (χ3n) is 5.34. The fraction of sp³-hybridized carbons (Fsp3) is 0.381. The van der Waals surface area contributed by atoms with Gasteiger partial charge in [-0.2, -0.15) is 13.2 Å². The number of nitrogens with one attached hydrogen (secondary N) is 1. The Morgan fingerprint density at radius 3 is 2.61 bits per heavy atom. The van der Waals surface area contributed by atoms with Crippen molar-refractivity contribution in [2.24, 2.45) is 0 Å². The van der Waals surface area contributed by atoms with E-state index in [0.29, 0.717) is 23.4 Å². The zero-order valence-corrected chi connectivity index (χ0v) is 15.3. The topological polar surface area (TPSA) is 41.6 Å². The van der Waals surface area contributed by atoms with Crippen LogP contribution in [-0.4, -0.2) is 29.9 Å². The first-order chi connectivity index (χ1) is 13.4. The van der Waals surface area contributed by atoms with Crippen LogP contribution in [0.25, 0.3) is 0 Å². The third kappa shape index (κ3) is 3.71. The molecule has 1 amide bonds. The Hall–Kier alpha value is -2.54. The number of benzene rings is 2. The molecule has 2 aromatic rings. The number of piperidine rings is 1. The Kier molecular flexibility index (Phi) is 5.02. The van der Waals surface area contributed by atoms with Crippen LogP contribution >= 0.6 is 0 Å². The Bertz CT molecular complexity index is 859. The standard InChI is InChI=1S/C21H21F3N2O2/c22-21(23,24)15-8-6-14(7-9-15)13-28-19-5-1-4-17-18(19)12-26(20(17)27)16-3-2-10-25-11-16/h1,4-9,16,25H,2-3,10-13H2. The van der Waals surface area contributed by atoms with Gasteiger partial charge in [-0.25, -0.2) is 0 Å². The lowest BCUT2D eigenvalue weighted by atomic mass is 10.1. The number of alkyl halides is 3. The molecule has 0 spiro atoms. The maximum atomic E-state index is 12.8. The minimum Gasteiger partial charge on any atom is -0.489 e. The number of hydrogen-bond acceptors (Lipinski definition) is 3. The highest BCUT2D eigenvalue weighted by atomic mass is 19.4. The van der Waals surface area contributed by atoms with Gasteiger partial charge in [-0.1, -0.05) is 18.2 Å². The minimum atomic E-state index is -4.35. The monoisotopic (exact) mass is 390 g/mol. The van der Waals surface area contributed by atoms with Gasteiger partial charge in [-0.3, -0.25) is 4.79 Å². The SMILES string of the molecule is O=C1c2cccc(OCc3ccc(C(F)(F)F)cc3)c2CN1C1CCCNC1. The summed E-state index contributed by atoms with van der Waals surface area (Å²) >= 11 is 0. The zero-order chi connectivity index (χ0) is 19.7. The average molecular weight is 390 g/mol. The number of halogens is 3. The van der Waals surface area contributed by atoms with Crippen molar-refractivity contribution >= 4 is 5.91 Å². The molecule has 1 fully saturated rings. The molecule has 2 aliphatic rings. The average Bonchev–Trinajstić information content (AvgIpc) is 3.04. The molecule has 2 aliphatic heterocycles. The third-order valence-corrected chi connectivity index (χ3v) is 5.34. The summed E-state index contributed by atoms with van der Waals surface area (Å²) in [7, 11) is 0. The summed E-state index contributed by atoms with van der Waals surface area (Å²) in [4.78, 5) is 14.7. The number of ether oxygens (including phenoxy) is 1. The van der Waals surface area contributed by atoms with Crippen molar-refractivity contribution in [3.63, 3.8) is 0 Å². The van der Waals surface area contributed by atoms with Crippen LogP contribution in [0.4, 0.5) is 13.2 Å². The molecule has 1 atom stereocenters. The highest BCUT2D eigenvalue weighted by molar-refractivity contribution is 5.99. The smallest absolute Gasteiger partial charge is 0.416 e. The molecule has 7 heteroatoms. The number of carbonyl (C=O) groups is 1. The van der Waals surface area contributed by atoms with Gasteiger partial charge in [0.25, 0.3) is 5.91 Å². The second kappa shape index (κ2) is 7.47. The van der Waals surface area contributed by atoms with E-state index in [-0.39, 0.29) is 18.6 Å². The minimum absolute atomic E-state index is 0.0173. The molecule has 4 rings (SSSR count). The molecule has 1 unspecified atom stereocenters. The second-order valence-corrected chi connectivity index (χ2v) is 7.20. The van der Waals surface area contributed by atoms with Gasteiger partial charge in [0, 0.05) is 23.7 Å². The van der Waals surface area contributed by atoms with Crippen LogP contribution < -0.4 is 10.1 Å². The maximum absolute atomic E-state index is 12.8. The molecule has 148 valence electrons. The van der Waals surface area contributed by atoms with Crippen LogP contribution in [0, 0.1) is 0 Å². The summed E-state index contributed by atoms with van der Waals surface area (Å²) in [5, 5.41) is 3.33. The van der Waals surface area contributed by atoms with E-state index in [2.05, 4.69) is 5.32 Å². The molecule has 1 N–H and O–H groups in total. The van der Waals surface area contributed by atoms with E-state index in [4.69, 9.17) is 4.74 Å². The quantitative estimate of drug-likeness (QED) is 0.858. The van der Waals surface area contributed by atoms with E-state index in [1.165, 1.54) is 12.1 Å². The molecule has 0 bridgehead atoms. The highest BCUT2D eigenvalue weighted by Gasteiger charge is 2.35. The molecular weight excluding hydrogens is 369 g/mol. The van der Waals surface area contributed by atoms with Crippen molar-refractivity contribution in [2.75, 3.05) is 13.1 Å². The van der Waals surface area contributed by atoms with Crippen molar-refractivity contribution in [3.8, 4) is 5.75 Å². The fourth-order valence-corrected chi connectivity index (χ4v) is 3.81. The summed E-state index contributed by atoms with van der Waals surface area (Å²) in [5.74, 6) is 0.626. The van der Waals surface area contributed by atoms with E-state index in [9.17, 15) is 18.0 Å². The highest BCUT2D eigenvalue weighted by Crippen LogP contribution is 2.34. The Morgan fingerprint density at radius 1 is 1.14 bits per heavy atom. The number of rotatable bonds is 4. The van der Waals surface area contributed by atoms with Crippen LogP contribution in [0.5, 0.6) is 5.75 Å². The lowest BCUT2D eigenvalue weighted by molar-refractivity contribution is -0.137. The van der Waals surface area contributed by atoms with Crippen molar-refractivity contribution < 1.29 is 22.7 Å². The summed E-state index contributed by atoms with van der Waals surface area (Å²) < 4.78 is 43.9. The van der Waals surface area contributed by atoms with Crippen LogP contribution in [0.2, 0.25) is 0 Å². The van der Waals surface area contributed by atoms with Crippen molar-refractivity contribution in [1.82, 2.24) is 10.2 Å². The predicted molar refractivity (Wildman–Crippen MR) is 98.0 cm³/mol. The molecular formula is C21H21F3N2O2. The molecule has 2 aromatic carbocycles. The molecule has 0 aliphatic carbocycles. The molecule has 4 nitrogen and oxygen atoms in total. The van der Waals surface area contributed by atoms with E-state index in [0.717, 1.165) is 43.6 Å². The van der Waals surface area contributed by atoms with Gasteiger partial charge in [-0.05, 0) is 49.2 Å². The lowest BCUT2D eigenvalue weighted by Crippen LogP contribution is -2.46. The van der Waals surface area contributed by atoms with E-state index >= 15 is 0 Å². The first-order valence-corrected chi connectivity index (χ1v) is 9.36. The Balaban J connectivity index is 1.47. The lowest BCUT2D eigenvalue weighted by Gasteiger charge is -2.31. The van der Waals surface area contributed by atoms with Crippen LogP contribution in [0.3, 0.4) is 0 Å². The number of carbonyl (C=O) groups excluding carboxylic acids is 1. The zero-order valence-electron chi connectivity index (χ0n) is 15.3. The van der Waals surface area contributed by atoms with Crippen LogP contribution in [0.15, 0.2) is 42.5 Å². The van der Waals surface area contributed by atoms with Crippen LogP contribution in [-0.2, 0) is 19.3 Å². The van der Waals surface area contributed by atoms with Gasteiger partial charge in [-0.15, -0.1) is 0 Å². The van der Waals surface area contributed by atoms with Gasteiger partial charge in [0.1, 0.15) is 12.4 Å². The van der Waals surface area contributed by atoms with Crippen molar-refractivity contribution in [2.45, 2.75) is 38.2 Å². The first kappa shape index (κ1) is 18.8. The van der Waals surface area contributed by atoms with E-state index < -0.39 is 11.7 Å². The summed E-state index contributed by atoms with van der Waals surface area (Å²) in [6.07, 6.45) is -2.33. The fourth-order valence-electron chi connectivity index (χ4n) is 3.81. The summed E-state index contributed by atoms with van der Waals surface area (Å²) in [6, 6.07) is 10.5. The molecule has 0 saturated carbocycles. The van der Waals surface area contributed by atoms with E-state index in [1.807, 2.05) is 4.90 Å². The number of fused-ring (bicyclic) bond motifs is 1. The normalized spacial score (nSPS) is 19.6. The molecule has 2 heterocycles. The van der Waals surface area contributed by atoms with Crippen LogP contribution in [0.1, 0.15) is 39.9 Å². The molecule has 0 aromatic heterocycles. The first-order valence-electron chi connectivity index (χ1n) is 9.36. The summed E-state index contributed by atoms with van der Waals surface area (Å²) in [6.45, 7) is 2.42. The van der Waals surface area contributed by atoms with Gasteiger partial charge in [0.15, 0.2) is 0 Å². The Morgan fingerprint density at radius 2 is 1.93 bits per heavy atom. The van der Waals surface area contributed by atoms with Crippen molar-refractivity contribution in [1.29, 1.82) is 0 Å². The van der Waals surface area contributed by atoms with Crippen molar-refractivity contribution in [3.05, 3.63) is 64.7 Å². The number of hydrogen-bond donors (Lipinski definition) is 1. The van der Waals surface area contributed by atoms with E-state index in [1.54, 1.807) is 18.2 Å². The summed E-state index contributed by atoms with van der Waals surface area (Å²) in [5.41, 5.74) is 1.46. The Labute approximate surface area is 161 Å². The van der Waals surface area contributed by atoms with Gasteiger partial charge in [0.05, 0.1) is 12.1 Å². The second-order valence-electron chi connectivity index (χ2n) is 7.20. The molecule has 0 radical (unpaired) electrons. The molecule has 28 heavy (non-hydrogen) atoms. The van der Waals surface area contributed by atoms with Gasteiger partial charge in [0.2, 0.25) is 0 Å². The number of amides is 1. The van der Waals surface area contributed by atoms with Gasteiger partial charge < -0.3 is 15.0 Å². The largest absolute Gasteiger partial charge is 0.489 e.